The fourth-order valence-electron chi connectivity index (χ4n) is 0.558. The summed E-state index contributed by atoms with van der Waals surface area (Å²) in [7, 11) is 1.54. The summed E-state index contributed by atoms with van der Waals surface area (Å²) in [6.07, 6.45) is 0.521. The third-order valence-electron chi connectivity index (χ3n) is 1.67. The normalized spacial score (nSPS) is 13.4. The van der Waals surface area contributed by atoms with Crippen LogP contribution in [-0.2, 0) is 14.5 Å². The smallest absolute Gasteiger partial charge is 0.195 e. The van der Waals surface area contributed by atoms with Gasteiger partial charge in [-0.15, -0.1) is 0 Å². The summed E-state index contributed by atoms with van der Waals surface area (Å²) in [6.45, 7) is 7.26. The van der Waals surface area contributed by atoms with Crippen LogP contribution in [0.5, 0.6) is 0 Å². The van der Waals surface area contributed by atoms with Crippen LogP contribution in [0.25, 0.3) is 0 Å². The number of ether oxygens (including phenoxy) is 1. The van der Waals surface area contributed by atoms with Crippen molar-refractivity contribution in [2.75, 3.05) is 13.7 Å². The molecular weight excluding hydrogens is 172 g/mol. The third-order valence-corrected chi connectivity index (χ3v) is 1.67. The van der Waals surface area contributed by atoms with E-state index in [9.17, 15) is 0 Å². The van der Waals surface area contributed by atoms with Crippen LogP contribution in [0.2, 0.25) is 0 Å². The Labute approximate surface area is 79.7 Å². The van der Waals surface area contributed by atoms with E-state index in [1.54, 1.807) is 21.0 Å². The number of hydrogen-bond acceptors (Lipinski definition) is 4. The second-order valence-electron chi connectivity index (χ2n) is 4.00. The lowest BCUT2D eigenvalue weighted by Crippen LogP contribution is -2.34. The average Bonchev–Trinajstić information content (AvgIpc) is 2.02. The minimum atomic E-state index is -0.757. The molecule has 0 aliphatic carbocycles. The van der Waals surface area contributed by atoms with Crippen molar-refractivity contribution in [3.63, 3.8) is 0 Å². The van der Waals surface area contributed by atoms with Crippen molar-refractivity contribution in [1.29, 1.82) is 0 Å². The molecule has 0 aromatic carbocycles. The molecule has 0 amide bonds. The van der Waals surface area contributed by atoms with Gasteiger partial charge >= 0.3 is 0 Å². The van der Waals surface area contributed by atoms with E-state index in [2.05, 4.69) is 0 Å². The van der Waals surface area contributed by atoms with Crippen LogP contribution >= 0.6 is 0 Å². The first-order valence-electron chi connectivity index (χ1n) is 4.36. The first-order valence-corrected chi connectivity index (χ1v) is 4.36. The number of methoxy groups -OCH3 is 1. The van der Waals surface area contributed by atoms with Gasteiger partial charge in [0.2, 0.25) is 0 Å². The van der Waals surface area contributed by atoms with Crippen molar-refractivity contribution in [3.8, 4) is 0 Å². The second kappa shape index (κ2) is 4.91. The van der Waals surface area contributed by atoms with Gasteiger partial charge in [0.05, 0.1) is 0 Å². The van der Waals surface area contributed by atoms with E-state index in [4.69, 9.17) is 19.6 Å². The van der Waals surface area contributed by atoms with Crippen LogP contribution in [-0.4, -0.2) is 30.2 Å². The van der Waals surface area contributed by atoms with E-state index in [1.165, 1.54) is 0 Å². The molecule has 0 aliphatic heterocycles. The van der Waals surface area contributed by atoms with E-state index >= 15 is 0 Å². The van der Waals surface area contributed by atoms with E-state index in [1.807, 2.05) is 13.8 Å². The Bertz CT molecular complexity index is 143. The Morgan fingerprint density at radius 2 is 1.62 bits per heavy atom. The standard InChI is InChI=1S/C9H20O4/c1-8(2,6-7-10)12-13-9(3,4)11-5/h10H,6-7H2,1-5H3. The van der Waals surface area contributed by atoms with Crippen LogP contribution in [0, 0.1) is 0 Å². The van der Waals surface area contributed by atoms with Crippen molar-refractivity contribution >= 4 is 0 Å². The maximum absolute atomic E-state index is 8.72. The van der Waals surface area contributed by atoms with Crippen molar-refractivity contribution < 1.29 is 19.6 Å². The summed E-state index contributed by atoms with van der Waals surface area (Å²) in [5, 5.41) is 8.72. The Morgan fingerprint density at radius 1 is 1.08 bits per heavy atom. The van der Waals surface area contributed by atoms with Gasteiger partial charge in [-0.1, -0.05) is 0 Å². The number of rotatable bonds is 6. The maximum Gasteiger partial charge on any atom is 0.195 e. The monoisotopic (exact) mass is 192 g/mol. The summed E-state index contributed by atoms with van der Waals surface area (Å²) >= 11 is 0. The molecule has 0 bridgehead atoms. The van der Waals surface area contributed by atoms with Gasteiger partial charge in [-0.3, -0.25) is 0 Å². The van der Waals surface area contributed by atoms with Crippen molar-refractivity contribution in [2.24, 2.45) is 0 Å². The summed E-state index contributed by atoms with van der Waals surface area (Å²) in [6, 6.07) is 0. The molecule has 0 radical (unpaired) electrons. The summed E-state index contributed by atoms with van der Waals surface area (Å²) in [5.41, 5.74) is -0.495. The Hall–Kier alpha value is -0.160. The molecule has 4 nitrogen and oxygen atoms in total. The van der Waals surface area contributed by atoms with Crippen molar-refractivity contribution in [1.82, 2.24) is 0 Å². The Morgan fingerprint density at radius 3 is 2.00 bits per heavy atom. The zero-order valence-corrected chi connectivity index (χ0v) is 9.09. The van der Waals surface area contributed by atoms with Gasteiger partial charge in [0.15, 0.2) is 5.79 Å². The molecule has 0 heterocycles. The molecule has 0 unspecified atom stereocenters. The molecule has 0 fully saturated rings. The molecule has 0 saturated heterocycles. The fraction of sp³-hybridized carbons (Fsp3) is 1.00. The van der Waals surface area contributed by atoms with E-state index in [0.717, 1.165) is 0 Å². The second-order valence-corrected chi connectivity index (χ2v) is 4.00. The fourth-order valence-corrected chi connectivity index (χ4v) is 0.558. The van der Waals surface area contributed by atoms with Crippen molar-refractivity contribution in [3.05, 3.63) is 0 Å². The lowest BCUT2D eigenvalue weighted by atomic mass is 10.1. The highest BCUT2D eigenvalue weighted by Crippen LogP contribution is 2.19. The lowest BCUT2D eigenvalue weighted by molar-refractivity contribution is -0.449. The molecule has 0 spiro atoms. The average molecular weight is 192 g/mol. The first kappa shape index (κ1) is 12.8. The van der Waals surface area contributed by atoms with Crippen LogP contribution in [0.3, 0.4) is 0 Å². The largest absolute Gasteiger partial charge is 0.396 e. The zero-order valence-electron chi connectivity index (χ0n) is 9.09. The van der Waals surface area contributed by atoms with Crippen LogP contribution in [0.4, 0.5) is 0 Å². The Balaban J connectivity index is 3.86. The summed E-state index contributed by atoms with van der Waals surface area (Å²) in [4.78, 5) is 10.2. The molecule has 0 saturated carbocycles. The van der Waals surface area contributed by atoms with Gasteiger partial charge in [-0.05, 0) is 27.7 Å². The molecule has 0 aliphatic rings. The van der Waals surface area contributed by atoms with Gasteiger partial charge in [-0.2, -0.15) is 0 Å². The molecule has 0 aromatic heterocycles. The van der Waals surface area contributed by atoms with Crippen LogP contribution < -0.4 is 0 Å². The SMILES string of the molecule is COC(C)(C)OOC(C)(C)CCO. The van der Waals surface area contributed by atoms with Gasteiger partial charge in [0, 0.05) is 20.1 Å². The molecular formula is C9H20O4. The lowest BCUT2D eigenvalue weighted by Gasteiger charge is -2.29. The molecule has 1 N–H and O–H groups in total. The zero-order chi connectivity index (χ0) is 10.5. The van der Waals surface area contributed by atoms with Crippen molar-refractivity contribution in [2.45, 2.75) is 45.5 Å². The highest BCUT2D eigenvalue weighted by Gasteiger charge is 2.25. The van der Waals surface area contributed by atoms with Gasteiger partial charge < -0.3 is 9.84 Å². The molecule has 0 aromatic rings. The highest BCUT2D eigenvalue weighted by atomic mass is 17.2. The van der Waals surface area contributed by atoms with Gasteiger partial charge in [0.1, 0.15) is 5.60 Å². The number of aliphatic hydroxyl groups is 1. The van der Waals surface area contributed by atoms with Crippen LogP contribution in [0.1, 0.15) is 34.1 Å². The topological polar surface area (TPSA) is 47.9 Å². The van der Waals surface area contributed by atoms with E-state index < -0.39 is 11.4 Å². The molecule has 0 rings (SSSR count). The maximum atomic E-state index is 8.72. The molecule has 0 atom stereocenters. The summed E-state index contributed by atoms with van der Waals surface area (Å²) in [5.74, 6) is -0.757. The van der Waals surface area contributed by atoms with E-state index in [-0.39, 0.29) is 6.61 Å². The Kier molecular flexibility index (Phi) is 4.85. The quantitative estimate of drug-likeness (QED) is 0.393. The van der Waals surface area contributed by atoms with E-state index in [0.29, 0.717) is 6.42 Å². The molecule has 80 valence electrons. The number of hydrogen-bond donors (Lipinski definition) is 1. The van der Waals surface area contributed by atoms with Gasteiger partial charge in [-0.25, -0.2) is 9.78 Å². The minimum Gasteiger partial charge on any atom is -0.396 e. The highest BCUT2D eigenvalue weighted by molar-refractivity contribution is 4.65. The molecule has 13 heavy (non-hydrogen) atoms. The predicted molar refractivity (Wildman–Crippen MR) is 49.0 cm³/mol. The van der Waals surface area contributed by atoms with Gasteiger partial charge in [0.25, 0.3) is 0 Å². The number of aliphatic hydroxyl groups excluding tert-OH is 1. The third kappa shape index (κ3) is 5.99. The summed E-state index contributed by atoms with van der Waals surface area (Å²) < 4.78 is 5.00. The minimum absolute atomic E-state index is 0.0732. The first-order chi connectivity index (χ1) is 5.83. The molecule has 4 heteroatoms. The van der Waals surface area contributed by atoms with Crippen LogP contribution in [0.15, 0.2) is 0 Å². The predicted octanol–water partition coefficient (Wildman–Crippen LogP) is 1.48.